The zero-order valence-electron chi connectivity index (χ0n) is 12.7. The van der Waals surface area contributed by atoms with Crippen molar-refractivity contribution in [2.45, 2.75) is 0 Å². The van der Waals surface area contributed by atoms with E-state index in [4.69, 9.17) is 18.9 Å². The quantitative estimate of drug-likeness (QED) is 0.317. The second-order valence-electron chi connectivity index (χ2n) is 4.26. The van der Waals surface area contributed by atoms with E-state index in [2.05, 4.69) is 25.1 Å². The van der Waals surface area contributed by atoms with Gasteiger partial charge in [-0.1, -0.05) is 12.2 Å². The molecule has 0 N–H and O–H groups in total. The van der Waals surface area contributed by atoms with Crippen molar-refractivity contribution in [3.63, 3.8) is 0 Å². The lowest BCUT2D eigenvalue weighted by Gasteiger charge is -2.16. The Bertz CT molecular complexity index is 202. The van der Waals surface area contributed by atoms with Crippen molar-refractivity contribution in [3.05, 3.63) is 25.3 Å². The Hall–Kier alpha value is -0.720. The zero-order chi connectivity index (χ0) is 14.9. The predicted octanol–water partition coefficient (Wildman–Crippen LogP) is 1.36. The maximum absolute atomic E-state index is 5.45. The average Bonchev–Trinajstić information content (AvgIpc) is 2.45. The topological polar surface area (TPSA) is 40.2 Å². The Morgan fingerprint density at radius 1 is 0.700 bits per heavy atom. The molecule has 0 saturated carbocycles. The van der Waals surface area contributed by atoms with Crippen LogP contribution in [0, 0.1) is 0 Å². The van der Waals surface area contributed by atoms with Gasteiger partial charge >= 0.3 is 0 Å². The molecule has 0 fully saturated rings. The smallest absolute Gasteiger partial charge is 0.0704 e. The van der Waals surface area contributed by atoms with E-state index in [0.29, 0.717) is 52.9 Å². The Kier molecular flexibility index (Phi) is 15.7. The molecule has 0 spiro atoms. The first-order chi connectivity index (χ1) is 9.81. The average molecular weight is 287 g/mol. The summed E-state index contributed by atoms with van der Waals surface area (Å²) in [7, 11) is 2.05. The van der Waals surface area contributed by atoms with Gasteiger partial charge in [0, 0.05) is 13.1 Å². The van der Waals surface area contributed by atoms with Crippen LogP contribution in [0.3, 0.4) is 0 Å². The van der Waals surface area contributed by atoms with E-state index in [0.717, 1.165) is 13.1 Å². The minimum absolute atomic E-state index is 0.580. The summed E-state index contributed by atoms with van der Waals surface area (Å²) in [4.78, 5) is 2.18. The number of hydrogen-bond acceptors (Lipinski definition) is 5. The van der Waals surface area contributed by atoms with Crippen molar-refractivity contribution in [2.24, 2.45) is 0 Å². The molecule has 0 aromatic heterocycles. The van der Waals surface area contributed by atoms with Gasteiger partial charge < -0.3 is 23.8 Å². The van der Waals surface area contributed by atoms with Gasteiger partial charge in [-0.25, -0.2) is 0 Å². The van der Waals surface area contributed by atoms with Crippen LogP contribution in [0.15, 0.2) is 25.3 Å². The van der Waals surface area contributed by atoms with E-state index in [1.165, 1.54) is 0 Å². The Morgan fingerprint density at radius 2 is 1.10 bits per heavy atom. The minimum Gasteiger partial charge on any atom is -0.378 e. The van der Waals surface area contributed by atoms with Crippen LogP contribution in [0.2, 0.25) is 0 Å². The molecular formula is C15H29NO4. The maximum Gasteiger partial charge on any atom is 0.0704 e. The number of ether oxygens (including phenoxy) is 4. The molecule has 0 rings (SSSR count). The first-order valence-electron chi connectivity index (χ1n) is 7.02. The van der Waals surface area contributed by atoms with Gasteiger partial charge in [0.2, 0.25) is 0 Å². The van der Waals surface area contributed by atoms with Gasteiger partial charge in [0.05, 0.1) is 52.9 Å². The third kappa shape index (κ3) is 15.3. The third-order valence-electron chi connectivity index (χ3n) is 2.45. The first kappa shape index (κ1) is 19.3. The van der Waals surface area contributed by atoms with Crippen LogP contribution in [0.5, 0.6) is 0 Å². The lowest BCUT2D eigenvalue weighted by molar-refractivity contribution is 0.0354. The van der Waals surface area contributed by atoms with E-state index in [9.17, 15) is 0 Å². The molecule has 0 aliphatic carbocycles. The van der Waals surface area contributed by atoms with E-state index >= 15 is 0 Å². The summed E-state index contributed by atoms with van der Waals surface area (Å²) in [5.41, 5.74) is 0. The van der Waals surface area contributed by atoms with E-state index in [1.807, 2.05) is 0 Å². The Labute approximate surface area is 123 Å². The molecule has 0 saturated heterocycles. The van der Waals surface area contributed by atoms with Gasteiger partial charge in [-0.2, -0.15) is 0 Å². The van der Waals surface area contributed by atoms with E-state index < -0.39 is 0 Å². The van der Waals surface area contributed by atoms with Gasteiger partial charge in [0.1, 0.15) is 0 Å². The summed E-state index contributed by atoms with van der Waals surface area (Å²) in [6.45, 7) is 14.0. The summed E-state index contributed by atoms with van der Waals surface area (Å²) >= 11 is 0. The summed E-state index contributed by atoms with van der Waals surface area (Å²) in [6, 6.07) is 0. The Morgan fingerprint density at radius 3 is 1.50 bits per heavy atom. The maximum atomic E-state index is 5.45. The van der Waals surface area contributed by atoms with Gasteiger partial charge in [0.15, 0.2) is 0 Å². The fourth-order valence-corrected chi connectivity index (χ4v) is 1.33. The highest BCUT2D eigenvalue weighted by molar-refractivity contribution is 4.63. The van der Waals surface area contributed by atoms with E-state index in [1.54, 1.807) is 12.2 Å². The molecule has 0 aromatic carbocycles. The second-order valence-corrected chi connectivity index (χ2v) is 4.26. The van der Waals surface area contributed by atoms with Gasteiger partial charge in [0.25, 0.3) is 0 Å². The van der Waals surface area contributed by atoms with Crippen molar-refractivity contribution in [3.8, 4) is 0 Å². The highest BCUT2D eigenvalue weighted by Crippen LogP contribution is 1.87. The molecule has 0 aliphatic heterocycles. The predicted molar refractivity (Wildman–Crippen MR) is 81.2 cm³/mol. The monoisotopic (exact) mass is 287 g/mol. The molecule has 0 unspecified atom stereocenters. The van der Waals surface area contributed by atoms with Crippen LogP contribution < -0.4 is 0 Å². The zero-order valence-corrected chi connectivity index (χ0v) is 12.7. The largest absolute Gasteiger partial charge is 0.378 e. The van der Waals surface area contributed by atoms with Crippen molar-refractivity contribution in [1.29, 1.82) is 0 Å². The number of likely N-dealkylation sites (N-methyl/N-ethyl adjacent to an activating group) is 1. The molecule has 0 heterocycles. The summed E-state index contributed by atoms with van der Waals surface area (Å²) in [5.74, 6) is 0. The van der Waals surface area contributed by atoms with Crippen LogP contribution in [-0.4, -0.2) is 77.9 Å². The molecular weight excluding hydrogens is 258 g/mol. The molecule has 0 bridgehead atoms. The standard InChI is InChI=1S/C15H29NO4/c1-4-8-17-12-14-19-10-6-16(3)7-11-20-15-13-18-9-5-2/h4-5H,1-2,6-15H2,3H3. The first-order valence-corrected chi connectivity index (χ1v) is 7.02. The van der Waals surface area contributed by atoms with Crippen LogP contribution in [-0.2, 0) is 18.9 Å². The summed E-state index contributed by atoms with van der Waals surface area (Å²) in [5, 5.41) is 0. The van der Waals surface area contributed by atoms with Crippen LogP contribution in [0.25, 0.3) is 0 Å². The van der Waals surface area contributed by atoms with Crippen LogP contribution in [0.4, 0.5) is 0 Å². The van der Waals surface area contributed by atoms with Crippen molar-refractivity contribution in [1.82, 2.24) is 4.90 Å². The second kappa shape index (κ2) is 16.3. The molecule has 0 radical (unpaired) electrons. The fraction of sp³-hybridized carbons (Fsp3) is 0.733. The van der Waals surface area contributed by atoms with Crippen molar-refractivity contribution in [2.75, 3.05) is 73.0 Å². The molecule has 5 heteroatoms. The summed E-state index contributed by atoms with van der Waals surface area (Å²) < 4.78 is 21.3. The SMILES string of the molecule is C=CCOCCOCCN(C)CCOCCOCC=C. The summed E-state index contributed by atoms with van der Waals surface area (Å²) in [6.07, 6.45) is 3.46. The molecule has 0 aliphatic rings. The van der Waals surface area contributed by atoms with Gasteiger partial charge in [-0.15, -0.1) is 13.2 Å². The lowest BCUT2D eigenvalue weighted by Crippen LogP contribution is -2.27. The molecule has 0 atom stereocenters. The number of rotatable bonds is 16. The lowest BCUT2D eigenvalue weighted by atomic mass is 10.5. The molecule has 118 valence electrons. The number of nitrogens with zero attached hydrogens (tertiary/aromatic N) is 1. The number of hydrogen-bond donors (Lipinski definition) is 0. The molecule has 20 heavy (non-hydrogen) atoms. The van der Waals surface area contributed by atoms with Crippen LogP contribution >= 0.6 is 0 Å². The van der Waals surface area contributed by atoms with Crippen molar-refractivity contribution >= 4 is 0 Å². The minimum atomic E-state index is 0.580. The highest BCUT2D eigenvalue weighted by Gasteiger charge is 1.98. The van der Waals surface area contributed by atoms with E-state index in [-0.39, 0.29) is 0 Å². The van der Waals surface area contributed by atoms with Crippen LogP contribution in [0.1, 0.15) is 0 Å². The van der Waals surface area contributed by atoms with Crippen molar-refractivity contribution < 1.29 is 18.9 Å². The highest BCUT2D eigenvalue weighted by atomic mass is 16.5. The van der Waals surface area contributed by atoms with Gasteiger partial charge in [-0.3, -0.25) is 0 Å². The Balaban J connectivity index is 3.14. The molecule has 0 amide bonds. The molecule has 5 nitrogen and oxygen atoms in total. The normalized spacial score (nSPS) is 10.9. The third-order valence-corrected chi connectivity index (χ3v) is 2.45. The van der Waals surface area contributed by atoms with Gasteiger partial charge in [-0.05, 0) is 7.05 Å². The fourth-order valence-electron chi connectivity index (χ4n) is 1.33. The molecule has 0 aromatic rings.